The second kappa shape index (κ2) is 9.25. The van der Waals surface area contributed by atoms with Crippen LogP contribution in [0.4, 0.5) is 17.1 Å². The largest absolute Gasteiger partial charge is 0.370 e. The third kappa shape index (κ3) is 6.11. The minimum atomic E-state index is -3.95. The van der Waals surface area contributed by atoms with E-state index in [1.54, 1.807) is 24.3 Å². The Balaban J connectivity index is 1.81. The highest BCUT2D eigenvalue weighted by molar-refractivity contribution is 7.92. The van der Waals surface area contributed by atoms with Crippen LogP contribution in [0.25, 0.3) is 0 Å². The molecule has 160 valence electrons. The first-order valence-electron chi connectivity index (χ1n) is 8.72. The number of hydrogen-bond donors (Lipinski definition) is 4. The molecule has 0 heterocycles. The Kier molecular flexibility index (Phi) is 6.69. The van der Waals surface area contributed by atoms with Gasteiger partial charge in [0.25, 0.3) is 15.9 Å². The summed E-state index contributed by atoms with van der Waals surface area (Å²) < 4.78 is 27.9. The lowest BCUT2D eigenvalue weighted by molar-refractivity contribution is 0.102. The van der Waals surface area contributed by atoms with Crippen LogP contribution in [0.5, 0.6) is 0 Å². The van der Waals surface area contributed by atoms with Crippen LogP contribution in [-0.4, -0.2) is 20.3 Å². The Morgan fingerprint density at radius 1 is 0.871 bits per heavy atom. The standard InChI is InChI=1S/C20H17Cl2N5O3S/c21-13-8-14(22)10-17(9-13)27-31(29,30)18-6-2-5-16(11-18)25-19(28)12-3-1-4-15(7-12)26-20(23)24/h1-11,27H,(H,25,28)(H4,23,24,26). The molecule has 6 N–H and O–H groups in total. The first-order valence-corrected chi connectivity index (χ1v) is 11.0. The fraction of sp³-hybridized carbons (Fsp3) is 0. The van der Waals surface area contributed by atoms with E-state index in [0.717, 1.165) is 0 Å². The summed E-state index contributed by atoms with van der Waals surface area (Å²) in [5.41, 5.74) is 11.9. The van der Waals surface area contributed by atoms with Crippen molar-refractivity contribution in [1.82, 2.24) is 0 Å². The van der Waals surface area contributed by atoms with E-state index in [1.165, 1.54) is 42.5 Å². The molecule has 0 fully saturated rings. The Morgan fingerprint density at radius 3 is 2.23 bits per heavy atom. The first kappa shape index (κ1) is 22.4. The van der Waals surface area contributed by atoms with E-state index in [9.17, 15) is 13.2 Å². The van der Waals surface area contributed by atoms with E-state index in [2.05, 4.69) is 15.0 Å². The van der Waals surface area contributed by atoms with Crippen molar-refractivity contribution >= 4 is 62.2 Å². The summed E-state index contributed by atoms with van der Waals surface area (Å²) in [6, 6.07) is 16.5. The summed E-state index contributed by atoms with van der Waals surface area (Å²) in [6.07, 6.45) is 0. The fourth-order valence-electron chi connectivity index (χ4n) is 2.64. The normalized spacial score (nSPS) is 10.9. The number of nitrogens with one attached hydrogen (secondary N) is 2. The second-order valence-corrected chi connectivity index (χ2v) is 8.89. The number of nitrogens with zero attached hydrogens (tertiary/aromatic N) is 1. The summed E-state index contributed by atoms with van der Waals surface area (Å²) in [5, 5.41) is 3.22. The molecule has 8 nitrogen and oxygen atoms in total. The van der Waals surface area contributed by atoms with Gasteiger partial charge in [-0.3, -0.25) is 9.52 Å². The highest BCUT2D eigenvalue weighted by Crippen LogP contribution is 2.25. The molecule has 0 aliphatic heterocycles. The predicted octanol–water partition coefficient (Wildman–Crippen LogP) is 3.95. The Morgan fingerprint density at radius 2 is 1.55 bits per heavy atom. The van der Waals surface area contributed by atoms with E-state index in [1.807, 2.05) is 0 Å². The zero-order valence-corrected chi connectivity index (χ0v) is 18.2. The number of guanidine groups is 1. The first-order chi connectivity index (χ1) is 14.6. The molecule has 0 unspecified atom stereocenters. The van der Waals surface area contributed by atoms with Gasteiger partial charge in [0.15, 0.2) is 5.96 Å². The van der Waals surface area contributed by atoms with Crippen molar-refractivity contribution < 1.29 is 13.2 Å². The van der Waals surface area contributed by atoms with E-state index in [4.69, 9.17) is 34.7 Å². The van der Waals surface area contributed by atoms with Crippen molar-refractivity contribution in [1.29, 1.82) is 0 Å². The molecule has 3 rings (SSSR count). The number of carbonyl (C=O) groups is 1. The quantitative estimate of drug-likeness (QED) is 0.314. The van der Waals surface area contributed by atoms with Gasteiger partial charge in [-0.1, -0.05) is 35.3 Å². The molecule has 0 aliphatic rings. The maximum Gasteiger partial charge on any atom is 0.261 e. The van der Waals surface area contributed by atoms with Gasteiger partial charge in [-0.25, -0.2) is 13.4 Å². The number of aliphatic imine (C=N–C) groups is 1. The second-order valence-electron chi connectivity index (χ2n) is 6.33. The molecule has 1 amide bonds. The molecule has 3 aromatic rings. The van der Waals surface area contributed by atoms with Crippen LogP contribution in [0.1, 0.15) is 10.4 Å². The van der Waals surface area contributed by atoms with E-state index >= 15 is 0 Å². The number of rotatable bonds is 6. The van der Waals surface area contributed by atoms with Crippen molar-refractivity contribution in [3.63, 3.8) is 0 Å². The van der Waals surface area contributed by atoms with Gasteiger partial charge in [-0.05, 0) is 54.6 Å². The molecule has 31 heavy (non-hydrogen) atoms. The lowest BCUT2D eigenvalue weighted by atomic mass is 10.2. The van der Waals surface area contributed by atoms with Crippen LogP contribution in [-0.2, 0) is 10.0 Å². The smallest absolute Gasteiger partial charge is 0.261 e. The number of amides is 1. The van der Waals surface area contributed by atoms with Crippen molar-refractivity contribution in [3.8, 4) is 0 Å². The van der Waals surface area contributed by atoms with Crippen molar-refractivity contribution in [3.05, 3.63) is 82.3 Å². The molecule has 0 saturated carbocycles. The maximum absolute atomic E-state index is 12.7. The third-order valence-electron chi connectivity index (χ3n) is 3.88. The monoisotopic (exact) mass is 477 g/mol. The van der Waals surface area contributed by atoms with Gasteiger partial charge < -0.3 is 16.8 Å². The molecule has 0 aromatic heterocycles. The Bertz CT molecular complexity index is 1260. The third-order valence-corrected chi connectivity index (χ3v) is 5.70. The zero-order chi connectivity index (χ0) is 22.6. The minimum Gasteiger partial charge on any atom is -0.370 e. The van der Waals surface area contributed by atoms with Gasteiger partial charge in [-0.2, -0.15) is 0 Å². The van der Waals surface area contributed by atoms with E-state index < -0.39 is 15.9 Å². The lowest BCUT2D eigenvalue weighted by Crippen LogP contribution is -2.22. The highest BCUT2D eigenvalue weighted by Gasteiger charge is 2.16. The molecule has 11 heteroatoms. The number of benzene rings is 3. The lowest BCUT2D eigenvalue weighted by Gasteiger charge is -2.11. The Labute approximate surface area is 188 Å². The molecule has 0 radical (unpaired) electrons. The molecule has 0 atom stereocenters. The highest BCUT2D eigenvalue weighted by atomic mass is 35.5. The summed E-state index contributed by atoms with van der Waals surface area (Å²) >= 11 is 11.8. The molecule has 3 aromatic carbocycles. The van der Waals surface area contributed by atoms with E-state index in [0.29, 0.717) is 11.3 Å². The van der Waals surface area contributed by atoms with E-state index in [-0.39, 0.29) is 32.3 Å². The van der Waals surface area contributed by atoms with Gasteiger partial charge >= 0.3 is 0 Å². The topological polar surface area (TPSA) is 140 Å². The van der Waals surface area contributed by atoms with Gasteiger partial charge in [0.2, 0.25) is 0 Å². The van der Waals surface area contributed by atoms with Gasteiger partial charge in [0, 0.05) is 21.3 Å². The van der Waals surface area contributed by atoms with Gasteiger partial charge in [-0.15, -0.1) is 0 Å². The summed E-state index contributed by atoms with van der Waals surface area (Å²) in [4.78, 5) is 16.4. The number of carbonyl (C=O) groups excluding carboxylic acids is 1. The minimum absolute atomic E-state index is 0.0596. The number of anilines is 2. The van der Waals surface area contributed by atoms with Crippen molar-refractivity contribution in [2.75, 3.05) is 10.0 Å². The molecule has 0 aliphatic carbocycles. The summed E-state index contributed by atoms with van der Waals surface area (Å²) in [6.45, 7) is 0. The molecular formula is C20H17Cl2N5O3S. The predicted molar refractivity (Wildman–Crippen MR) is 124 cm³/mol. The SMILES string of the molecule is NC(N)=Nc1cccc(C(=O)Nc2cccc(S(=O)(=O)Nc3cc(Cl)cc(Cl)c3)c2)c1. The van der Waals surface area contributed by atoms with Crippen LogP contribution in [0.2, 0.25) is 10.0 Å². The number of nitrogens with two attached hydrogens (primary N) is 2. The van der Waals surface area contributed by atoms with Gasteiger partial charge in [0.1, 0.15) is 0 Å². The van der Waals surface area contributed by atoms with Gasteiger partial charge in [0.05, 0.1) is 16.3 Å². The average Bonchev–Trinajstić information content (AvgIpc) is 2.66. The average molecular weight is 478 g/mol. The van der Waals surface area contributed by atoms with Crippen LogP contribution in [0, 0.1) is 0 Å². The number of halogens is 2. The molecule has 0 bridgehead atoms. The molecule has 0 saturated heterocycles. The van der Waals surface area contributed by atoms with Crippen molar-refractivity contribution in [2.45, 2.75) is 4.90 Å². The fourth-order valence-corrected chi connectivity index (χ4v) is 4.25. The number of sulfonamides is 1. The van der Waals surface area contributed by atoms with Crippen LogP contribution in [0.15, 0.2) is 76.6 Å². The maximum atomic E-state index is 12.7. The molecular weight excluding hydrogens is 461 g/mol. The number of hydrogen-bond acceptors (Lipinski definition) is 4. The van der Waals surface area contributed by atoms with Crippen molar-refractivity contribution in [2.24, 2.45) is 16.5 Å². The van der Waals surface area contributed by atoms with Crippen LogP contribution in [0.3, 0.4) is 0 Å². The van der Waals surface area contributed by atoms with Crippen LogP contribution >= 0.6 is 23.2 Å². The summed E-state index contributed by atoms with van der Waals surface area (Å²) in [5.74, 6) is -0.597. The Hall–Kier alpha value is -3.27. The zero-order valence-electron chi connectivity index (χ0n) is 15.8. The van der Waals surface area contributed by atoms with Crippen LogP contribution < -0.4 is 21.5 Å². The summed E-state index contributed by atoms with van der Waals surface area (Å²) in [7, 11) is -3.95. The molecule has 0 spiro atoms.